The monoisotopic (exact) mass is 350 g/mol. The Bertz CT molecular complexity index is 454. The van der Waals surface area contributed by atoms with E-state index in [-0.39, 0.29) is 30.7 Å². The first-order chi connectivity index (χ1) is 9.74. The van der Waals surface area contributed by atoms with Gasteiger partial charge in [-0.05, 0) is 19.0 Å². The molecule has 0 aromatic carbocycles. The first-order valence-corrected chi connectivity index (χ1v) is 6.97. The Balaban J connectivity index is 0.00000220. The van der Waals surface area contributed by atoms with Crippen molar-refractivity contribution in [3.05, 3.63) is 18.3 Å². The minimum atomic E-state index is 0. The van der Waals surface area contributed by atoms with Crippen LogP contribution in [-0.4, -0.2) is 55.6 Å². The summed E-state index contributed by atoms with van der Waals surface area (Å²) >= 11 is 0. The van der Waals surface area contributed by atoms with E-state index in [4.69, 9.17) is 10.5 Å². The van der Waals surface area contributed by atoms with E-state index in [9.17, 15) is 4.79 Å². The molecule has 0 spiro atoms. The van der Waals surface area contributed by atoms with Gasteiger partial charge < -0.3 is 20.3 Å². The molecule has 2 N–H and O–H groups in total. The number of aromatic nitrogens is 1. The minimum absolute atomic E-state index is 0. The number of ether oxygens (including phenoxy) is 1. The summed E-state index contributed by atoms with van der Waals surface area (Å²) < 4.78 is 5.21. The molecule has 0 aliphatic carbocycles. The molecule has 1 fully saturated rings. The van der Waals surface area contributed by atoms with Crippen LogP contribution < -0.4 is 15.4 Å². The van der Waals surface area contributed by atoms with Crippen molar-refractivity contribution < 1.29 is 9.53 Å². The van der Waals surface area contributed by atoms with E-state index in [1.807, 2.05) is 17.0 Å². The van der Waals surface area contributed by atoms with Crippen LogP contribution >= 0.6 is 24.8 Å². The molecule has 1 aliphatic rings. The molecule has 0 bridgehead atoms. The Morgan fingerprint density at radius 2 is 2.00 bits per heavy atom. The molecule has 0 radical (unpaired) electrons. The van der Waals surface area contributed by atoms with E-state index in [1.54, 1.807) is 13.3 Å². The number of rotatable bonds is 5. The lowest BCUT2D eigenvalue weighted by molar-refractivity contribution is -0.131. The number of halogens is 2. The van der Waals surface area contributed by atoms with Crippen LogP contribution in [-0.2, 0) is 4.79 Å². The van der Waals surface area contributed by atoms with Crippen molar-refractivity contribution in [3.8, 4) is 5.75 Å². The van der Waals surface area contributed by atoms with Gasteiger partial charge in [0.05, 0.1) is 7.11 Å². The smallest absolute Gasteiger partial charge is 0.222 e. The van der Waals surface area contributed by atoms with Gasteiger partial charge in [0, 0.05) is 44.9 Å². The summed E-state index contributed by atoms with van der Waals surface area (Å²) in [5.74, 6) is 1.91. The molecule has 126 valence electrons. The van der Waals surface area contributed by atoms with Crippen molar-refractivity contribution in [1.29, 1.82) is 0 Å². The number of anilines is 1. The van der Waals surface area contributed by atoms with Gasteiger partial charge in [-0.15, -0.1) is 24.8 Å². The number of carbonyl (C=O) groups is 1. The Kier molecular flexibility index (Phi) is 9.89. The molecular formula is C14H24Cl2N4O2. The van der Waals surface area contributed by atoms with Crippen molar-refractivity contribution in [2.45, 2.75) is 12.8 Å². The molecule has 1 aliphatic heterocycles. The first-order valence-electron chi connectivity index (χ1n) is 6.97. The third-order valence-corrected chi connectivity index (χ3v) is 3.50. The maximum Gasteiger partial charge on any atom is 0.222 e. The Labute approximate surface area is 143 Å². The molecule has 0 atom stereocenters. The third kappa shape index (κ3) is 5.51. The van der Waals surface area contributed by atoms with E-state index < -0.39 is 0 Å². The van der Waals surface area contributed by atoms with Crippen LogP contribution in [0.3, 0.4) is 0 Å². The quantitative estimate of drug-likeness (QED) is 0.866. The first kappa shape index (κ1) is 20.8. The molecule has 2 heterocycles. The lowest BCUT2D eigenvalue weighted by Crippen LogP contribution is -2.49. The fraction of sp³-hybridized carbons (Fsp3) is 0.571. The highest BCUT2D eigenvalue weighted by Crippen LogP contribution is 2.19. The Hall–Kier alpha value is -1.24. The molecule has 1 aromatic rings. The van der Waals surface area contributed by atoms with Gasteiger partial charge in [0.25, 0.3) is 0 Å². The van der Waals surface area contributed by atoms with E-state index in [0.29, 0.717) is 13.0 Å². The van der Waals surface area contributed by atoms with Crippen LogP contribution in [0.1, 0.15) is 12.8 Å². The van der Waals surface area contributed by atoms with Crippen molar-refractivity contribution in [2.75, 3.05) is 44.7 Å². The average Bonchev–Trinajstić information content (AvgIpc) is 2.52. The number of nitrogens with two attached hydrogens (primary N) is 1. The van der Waals surface area contributed by atoms with E-state index >= 15 is 0 Å². The molecular weight excluding hydrogens is 327 g/mol. The number of methoxy groups -OCH3 is 1. The number of nitrogens with zero attached hydrogens (tertiary/aromatic N) is 3. The standard InChI is InChI=1S/C14H22N4O2.2ClH/c1-20-12-4-6-16-13(11-12)17-7-9-18(10-8-17)14(19)3-2-5-15;;/h4,6,11H,2-3,5,7-10,15H2,1H3;2*1H. The molecule has 6 nitrogen and oxygen atoms in total. The second kappa shape index (κ2) is 10.5. The van der Waals surface area contributed by atoms with Crippen molar-refractivity contribution in [1.82, 2.24) is 9.88 Å². The van der Waals surface area contributed by atoms with Crippen LogP contribution in [0.2, 0.25) is 0 Å². The number of amides is 1. The molecule has 1 saturated heterocycles. The summed E-state index contributed by atoms with van der Waals surface area (Å²) in [6.07, 6.45) is 3.05. The fourth-order valence-corrected chi connectivity index (χ4v) is 2.30. The van der Waals surface area contributed by atoms with Crippen LogP contribution in [0.15, 0.2) is 18.3 Å². The van der Waals surface area contributed by atoms with Gasteiger partial charge in [-0.25, -0.2) is 4.98 Å². The highest BCUT2D eigenvalue weighted by molar-refractivity contribution is 5.85. The maximum absolute atomic E-state index is 11.9. The summed E-state index contributed by atoms with van der Waals surface area (Å²) in [6.45, 7) is 3.65. The molecule has 2 rings (SSSR count). The summed E-state index contributed by atoms with van der Waals surface area (Å²) in [4.78, 5) is 20.4. The maximum atomic E-state index is 11.9. The van der Waals surface area contributed by atoms with Crippen LogP contribution in [0.25, 0.3) is 0 Å². The zero-order valence-corrected chi connectivity index (χ0v) is 14.4. The number of pyridine rings is 1. The van der Waals surface area contributed by atoms with Gasteiger partial charge >= 0.3 is 0 Å². The van der Waals surface area contributed by atoms with E-state index in [0.717, 1.165) is 44.2 Å². The number of piperazine rings is 1. The van der Waals surface area contributed by atoms with Gasteiger partial charge in [0.1, 0.15) is 11.6 Å². The molecule has 0 unspecified atom stereocenters. The Morgan fingerprint density at radius 1 is 1.32 bits per heavy atom. The zero-order chi connectivity index (χ0) is 14.4. The van der Waals surface area contributed by atoms with Crippen molar-refractivity contribution in [3.63, 3.8) is 0 Å². The second-order valence-corrected chi connectivity index (χ2v) is 4.81. The average molecular weight is 351 g/mol. The highest BCUT2D eigenvalue weighted by atomic mass is 35.5. The largest absolute Gasteiger partial charge is 0.497 e. The van der Waals surface area contributed by atoms with Crippen LogP contribution in [0.5, 0.6) is 5.75 Å². The molecule has 1 aromatic heterocycles. The topological polar surface area (TPSA) is 71.7 Å². The van der Waals surface area contributed by atoms with Gasteiger partial charge in [-0.3, -0.25) is 4.79 Å². The summed E-state index contributed by atoms with van der Waals surface area (Å²) in [7, 11) is 1.65. The molecule has 22 heavy (non-hydrogen) atoms. The second-order valence-electron chi connectivity index (χ2n) is 4.81. The van der Waals surface area contributed by atoms with Crippen LogP contribution in [0.4, 0.5) is 5.82 Å². The normalized spacial score (nSPS) is 13.9. The van der Waals surface area contributed by atoms with Crippen LogP contribution in [0, 0.1) is 0 Å². The lowest BCUT2D eigenvalue weighted by atomic mass is 10.2. The summed E-state index contributed by atoms with van der Waals surface area (Å²) in [6, 6.07) is 3.75. The molecule has 0 saturated carbocycles. The van der Waals surface area contributed by atoms with Gasteiger partial charge in [-0.1, -0.05) is 0 Å². The number of carbonyl (C=O) groups excluding carboxylic acids is 1. The zero-order valence-electron chi connectivity index (χ0n) is 12.7. The third-order valence-electron chi connectivity index (χ3n) is 3.50. The van der Waals surface area contributed by atoms with E-state index in [1.165, 1.54) is 0 Å². The highest BCUT2D eigenvalue weighted by Gasteiger charge is 2.21. The van der Waals surface area contributed by atoms with Gasteiger partial charge in [0.15, 0.2) is 0 Å². The SMILES string of the molecule is COc1ccnc(N2CCN(C(=O)CCCN)CC2)c1.Cl.Cl. The van der Waals surface area contributed by atoms with Crippen molar-refractivity contribution >= 4 is 36.5 Å². The molecule has 8 heteroatoms. The summed E-state index contributed by atoms with van der Waals surface area (Å²) in [5.41, 5.74) is 5.43. The predicted molar refractivity (Wildman–Crippen MR) is 92.4 cm³/mol. The molecule has 1 amide bonds. The predicted octanol–water partition coefficient (Wildman–Crippen LogP) is 1.32. The summed E-state index contributed by atoms with van der Waals surface area (Å²) in [5, 5.41) is 0. The van der Waals surface area contributed by atoms with Gasteiger partial charge in [0.2, 0.25) is 5.91 Å². The minimum Gasteiger partial charge on any atom is -0.497 e. The Morgan fingerprint density at radius 3 is 2.59 bits per heavy atom. The van der Waals surface area contributed by atoms with Crippen molar-refractivity contribution in [2.24, 2.45) is 5.73 Å². The fourth-order valence-electron chi connectivity index (χ4n) is 2.30. The number of hydrogen-bond donors (Lipinski definition) is 1. The van der Waals surface area contributed by atoms with Gasteiger partial charge in [-0.2, -0.15) is 0 Å². The van der Waals surface area contributed by atoms with E-state index in [2.05, 4.69) is 9.88 Å². The lowest BCUT2D eigenvalue weighted by Gasteiger charge is -2.35. The number of hydrogen-bond acceptors (Lipinski definition) is 5.